The van der Waals surface area contributed by atoms with E-state index < -0.39 is 29.8 Å². The summed E-state index contributed by atoms with van der Waals surface area (Å²) in [5, 5.41) is 20.3. The molecule has 7 heteroatoms. The number of nitrogens with one attached hydrogen (secondary N) is 1. The van der Waals surface area contributed by atoms with E-state index in [0.717, 1.165) is 13.0 Å². The molecule has 1 rings (SSSR count). The van der Waals surface area contributed by atoms with Gasteiger partial charge in [-0.25, -0.2) is 9.18 Å². The number of carboxylic acids is 1. The normalized spacial score (nSPS) is 13.8. The van der Waals surface area contributed by atoms with Gasteiger partial charge in [0.15, 0.2) is 5.60 Å². The van der Waals surface area contributed by atoms with Crippen LogP contribution in [0.2, 0.25) is 0 Å². The van der Waals surface area contributed by atoms with Gasteiger partial charge in [0.1, 0.15) is 5.82 Å². The van der Waals surface area contributed by atoms with E-state index >= 15 is 0 Å². The summed E-state index contributed by atoms with van der Waals surface area (Å²) in [6, 6.07) is 3.89. The fourth-order valence-corrected chi connectivity index (χ4v) is 1.40. The number of rotatable bonds is 4. The highest BCUT2D eigenvalue weighted by atomic mass is 127. The second-order valence-electron chi connectivity index (χ2n) is 3.89. The minimum Gasteiger partial charge on any atom is -0.479 e. The number of halogens is 2. The molecule has 0 radical (unpaired) electrons. The molecule has 1 aromatic rings. The summed E-state index contributed by atoms with van der Waals surface area (Å²) in [6.07, 6.45) is 0. The van der Waals surface area contributed by atoms with E-state index in [0.29, 0.717) is 3.57 Å². The van der Waals surface area contributed by atoms with Crippen molar-refractivity contribution in [3.8, 4) is 0 Å². The minimum absolute atomic E-state index is 0.0640. The molecule has 0 saturated heterocycles. The van der Waals surface area contributed by atoms with Crippen molar-refractivity contribution >= 4 is 34.5 Å². The van der Waals surface area contributed by atoms with Crippen LogP contribution in [0.15, 0.2) is 18.2 Å². The smallest absolute Gasteiger partial charge is 0.337 e. The van der Waals surface area contributed by atoms with Crippen molar-refractivity contribution in [3.63, 3.8) is 0 Å². The van der Waals surface area contributed by atoms with Crippen molar-refractivity contribution in [3.05, 3.63) is 33.1 Å². The van der Waals surface area contributed by atoms with Gasteiger partial charge in [0.2, 0.25) is 0 Å². The first kappa shape index (κ1) is 14.8. The molecule has 0 fully saturated rings. The van der Waals surface area contributed by atoms with Crippen molar-refractivity contribution in [1.29, 1.82) is 0 Å². The maximum atomic E-state index is 13.2. The molecule has 0 aliphatic rings. The average molecular weight is 367 g/mol. The van der Waals surface area contributed by atoms with Crippen LogP contribution in [-0.2, 0) is 4.79 Å². The maximum absolute atomic E-state index is 13.2. The largest absolute Gasteiger partial charge is 0.479 e. The molecule has 0 aliphatic carbocycles. The number of hydrogen-bond donors (Lipinski definition) is 3. The number of amides is 1. The zero-order valence-corrected chi connectivity index (χ0v) is 11.6. The lowest BCUT2D eigenvalue weighted by Gasteiger charge is -2.18. The lowest BCUT2D eigenvalue weighted by atomic mass is 10.1. The summed E-state index contributed by atoms with van der Waals surface area (Å²) in [5.41, 5.74) is -1.99. The molecule has 5 nitrogen and oxygen atoms in total. The van der Waals surface area contributed by atoms with Crippen molar-refractivity contribution in [2.45, 2.75) is 12.5 Å². The van der Waals surface area contributed by atoms with Crippen LogP contribution < -0.4 is 5.32 Å². The van der Waals surface area contributed by atoms with Gasteiger partial charge < -0.3 is 15.5 Å². The number of benzene rings is 1. The second kappa shape index (κ2) is 5.61. The Morgan fingerprint density at radius 1 is 1.50 bits per heavy atom. The molecule has 1 atom stereocenters. The molecule has 0 aliphatic heterocycles. The Morgan fingerprint density at radius 2 is 2.11 bits per heavy atom. The van der Waals surface area contributed by atoms with Crippen LogP contribution in [0.1, 0.15) is 17.3 Å². The van der Waals surface area contributed by atoms with E-state index in [9.17, 15) is 19.1 Å². The molecular weight excluding hydrogens is 356 g/mol. The van der Waals surface area contributed by atoms with Crippen LogP contribution in [0.4, 0.5) is 4.39 Å². The molecule has 0 heterocycles. The van der Waals surface area contributed by atoms with Gasteiger partial charge in [-0.05, 0) is 47.7 Å². The third kappa shape index (κ3) is 3.64. The zero-order valence-electron chi connectivity index (χ0n) is 9.41. The van der Waals surface area contributed by atoms with E-state index in [-0.39, 0.29) is 5.56 Å². The Labute approximate surface area is 116 Å². The van der Waals surface area contributed by atoms with Crippen LogP contribution in [-0.4, -0.2) is 34.2 Å². The summed E-state index contributed by atoms with van der Waals surface area (Å²) < 4.78 is 13.6. The highest BCUT2D eigenvalue weighted by Crippen LogP contribution is 2.12. The first-order valence-electron chi connectivity index (χ1n) is 4.93. The Morgan fingerprint density at radius 3 is 2.61 bits per heavy atom. The van der Waals surface area contributed by atoms with Crippen LogP contribution in [0, 0.1) is 9.39 Å². The highest BCUT2D eigenvalue weighted by Gasteiger charge is 2.30. The summed E-state index contributed by atoms with van der Waals surface area (Å²) in [6.45, 7) is 0.596. The molecule has 0 saturated carbocycles. The van der Waals surface area contributed by atoms with Crippen LogP contribution in [0.25, 0.3) is 0 Å². The highest BCUT2D eigenvalue weighted by molar-refractivity contribution is 14.1. The summed E-state index contributed by atoms with van der Waals surface area (Å²) >= 11 is 1.78. The summed E-state index contributed by atoms with van der Waals surface area (Å²) in [5.74, 6) is -2.63. The third-order valence-electron chi connectivity index (χ3n) is 2.24. The molecule has 1 unspecified atom stereocenters. The number of carboxylic acid groups (broad SMARTS) is 1. The Bertz CT molecular complexity index is 490. The molecule has 1 amide bonds. The molecule has 0 aromatic heterocycles. The van der Waals surface area contributed by atoms with Gasteiger partial charge in [0.25, 0.3) is 5.91 Å². The quantitative estimate of drug-likeness (QED) is 0.693. The number of carbonyl (C=O) groups is 2. The lowest BCUT2D eigenvalue weighted by Crippen LogP contribution is -2.46. The van der Waals surface area contributed by atoms with Gasteiger partial charge in [-0.15, -0.1) is 0 Å². The number of aliphatic carboxylic acids is 1. The number of hydrogen-bond acceptors (Lipinski definition) is 3. The Kier molecular flexibility index (Phi) is 4.63. The van der Waals surface area contributed by atoms with Crippen LogP contribution >= 0.6 is 22.6 Å². The minimum atomic E-state index is -2.06. The van der Waals surface area contributed by atoms with Crippen LogP contribution in [0.5, 0.6) is 0 Å². The Hall–Kier alpha value is -1.22. The van der Waals surface area contributed by atoms with Crippen molar-refractivity contribution in [1.82, 2.24) is 5.32 Å². The summed E-state index contributed by atoms with van der Waals surface area (Å²) in [4.78, 5) is 22.2. The number of carbonyl (C=O) groups excluding carboxylic acids is 1. The van der Waals surface area contributed by atoms with Gasteiger partial charge in [-0.3, -0.25) is 4.79 Å². The zero-order chi connectivity index (χ0) is 13.9. The van der Waals surface area contributed by atoms with Crippen molar-refractivity contribution < 1.29 is 24.2 Å². The van der Waals surface area contributed by atoms with E-state index in [4.69, 9.17) is 5.11 Å². The van der Waals surface area contributed by atoms with Gasteiger partial charge in [-0.1, -0.05) is 0 Å². The van der Waals surface area contributed by atoms with Gasteiger partial charge in [0, 0.05) is 9.13 Å². The van der Waals surface area contributed by atoms with Crippen molar-refractivity contribution in [2.75, 3.05) is 6.54 Å². The Balaban J connectivity index is 2.72. The van der Waals surface area contributed by atoms with E-state index in [1.807, 2.05) is 0 Å². The predicted octanol–water partition coefficient (Wildman–Crippen LogP) is 0.996. The fraction of sp³-hybridized carbons (Fsp3) is 0.273. The predicted molar refractivity (Wildman–Crippen MR) is 69.7 cm³/mol. The molecule has 3 N–H and O–H groups in total. The average Bonchev–Trinajstić information content (AvgIpc) is 2.29. The molecule has 18 heavy (non-hydrogen) atoms. The molecule has 0 spiro atoms. The topological polar surface area (TPSA) is 86.6 Å². The van der Waals surface area contributed by atoms with Gasteiger partial charge >= 0.3 is 5.97 Å². The van der Waals surface area contributed by atoms with E-state index in [1.54, 1.807) is 22.6 Å². The second-order valence-corrected chi connectivity index (χ2v) is 5.05. The lowest BCUT2D eigenvalue weighted by molar-refractivity contribution is -0.155. The first-order chi connectivity index (χ1) is 8.24. The monoisotopic (exact) mass is 367 g/mol. The molecule has 98 valence electrons. The first-order valence-corrected chi connectivity index (χ1v) is 6.01. The molecular formula is C11H11FINO4. The fourth-order valence-electron chi connectivity index (χ4n) is 1.07. The van der Waals surface area contributed by atoms with E-state index in [1.165, 1.54) is 12.1 Å². The standard InChI is InChI=1S/C11H11FINO4/c1-11(18,10(16)17)5-14-9(15)6-2-3-8(13)7(12)4-6/h2-4,18H,5H2,1H3,(H,14,15)(H,16,17). The van der Waals surface area contributed by atoms with Crippen LogP contribution in [0.3, 0.4) is 0 Å². The van der Waals surface area contributed by atoms with E-state index in [2.05, 4.69) is 5.32 Å². The van der Waals surface area contributed by atoms with Gasteiger partial charge in [0.05, 0.1) is 6.54 Å². The number of aliphatic hydroxyl groups is 1. The van der Waals surface area contributed by atoms with Crippen molar-refractivity contribution in [2.24, 2.45) is 0 Å². The third-order valence-corrected chi connectivity index (χ3v) is 3.11. The summed E-state index contributed by atoms with van der Waals surface area (Å²) in [7, 11) is 0. The molecule has 0 bridgehead atoms. The van der Waals surface area contributed by atoms with Gasteiger partial charge in [-0.2, -0.15) is 0 Å². The SMILES string of the molecule is CC(O)(CNC(=O)c1ccc(I)c(F)c1)C(=O)O. The molecule has 1 aromatic carbocycles. The maximum Gasteiger partial charge on any atom is 0.337 e.